The third-order valence-corrected chi connectivity index (χ3v) is 5.85. The summed E-state index contributed by atoms with van der Waals surface area (Å²) in [7, 11) is 0. The number of benzene rings is 2. The first-order valence-corrected chi connectivity index (χ1v) is 11.3. The predicted octanol–water partition coefficient (Wildman–Crippen LogP) is 3.83. The Morgan fingerprint density at radius 1 is 1.09 bits per heavy atom. The van der Waals surface area contributed by atoms with Crippen molar-refractivity contribution in [3.8, 4) is 0 Å². The summed E-state index contributed by atoms with van der Waals surface area (Å²) in [6.07, 6.45) is 3.15. The van der Waals surface area contributed by atoms with Crippen molar-refractivity contribution in [2.75, 3.05) is 23.3 Å². The fraction of sp³-hybridized carbons (Fsp3) is 0.280. The fourth-order valence-corrected chi connectivity index (χ4v) is 3.98. The van der Waals surface area contributed by atoms with Crippen LogP contribution in [0.2, 0.25) is 0 Å². The molecule has 180 valence electrons. The Kier molecular flexibility index (Phi) is 7.30. The quantitative estimate of drug-likeness (QED) is 0.310. The first-order valence-electron chi connectivity index (χ1n) is 11.3. The van der Waals surface area contributed by atoms with E-state index in [4.69, 9.17) is 4.74 Å². The smallest absolute Gasteiger partial charge is 0.310 e. The number of ether oxygens (including phenoxy) is 1. The molecule has 1 N–H and O–H groups in total. The van der Waals surface area contributed by atoms with Crippen molar-refractivity contribution >= 4 is 29.2 Å². The van der Waals surface area contributed by atoms with Gasteiger partial charge in [-0.25, -0.2) is 9.97 Å². The third-order valence-electron chi connectivity index (χ3n) is 5.85. The summed E-state index contributed by atoms with van der Waals surface area (Å²) < 4.78 is 5.70. The van der Waals surface area contributed by atoms with E-state index in [1.54, 1.807) is 61.8 Å². The van der Waals surface area contributed by atoms with Gasteiger partial charge in [0.05, 0.1) is 10.8 Å². The van der Waals surface area contributed by atoms with Crippen LogP contribution in [0.3, 0.4) is 0 Å². The van der Waals surface area contributed by atoms with Crippen LogP contribution in [0.1, 0.15) is 30.1 Å². The third kappa shape index (κ3) is 5.78. The van der Waals surface area contributed by atoms with E-state index < -0.39 is 22.9 Å². The first-order chi connectivity index (χ1) is 16.9. The average molecular weight is 476 g/mol. The highest BCUT2D eigenvalue weighted by Crippen LogP contribution is 2.29. The van der Waals surface area contributed by atoms with Crippen LogP contribution in [0.4, 0.5) is 17.3 Å². The Morgan fingerprint density at radius 2 is 1.77 bits per heavy atom. The van der Waals surface area contributed by atoms with Crippen LogP contribution in [-0.4, -0.2) is 39.9 Å². The van der Waals surface area contributed by atoms with Crippen molar-refractivity contribution in [2.45, 2.75) is 25.9 Å². The number of nitrogens with zero attached hydrogens (tertiary/aromatic N) is 4. The first kappa shape index (κ1) is 23.8. The van der Waals surface area contributed by atoms with Gasteiger partial charge in [0.25, 0.3) is 11.6 Å². The van der Waals surface area contributed by atoms with Crippen molar-refractivity contribution in [2.24, 2.45) is 5.92 Å². The maximum Gasteiger partial charge on any atom is 0.310 e. The van der Waals surface area contributed by atoms with Gasteiger partial charge in [-0.3, -0.25) is 19.7 Å². The van der Waals surface area contributed by atoms with E-state index in [0.29, 0.717) is 43.0 Å². The molecule has 2 heterocycles. The number of anilines is 2. The van der Waals surface area contributed by atoms with Crippen LogP contribution in [-0.2, 0) is 14.3 Å². The molecular weight excluding hydrogens is 450 g/mol. The SMILES string of the molecule is Cc1ccc(NC(=O)C(OC(=O)C2CCN(c3ncccn3)CC2)c2ccccc2)c([N+](=O)[O-])c1. The van der Waals surface area contributed by atoms with Gasteiger partial charge in [-0.1, -0.05) is 36.4 Å². The molecule has 0 spiro atoms. The van der Waals surface area contributed by atoms with Crippen LogP contribution in [0.15, 0.2) is 67.0 Å². The van der Waals surface area contributed by atoms with Crippen molar-refractivity contribution in [3.63, 3.8) is 0 Å². The number of hydrogen-bond acceptors (Lipinski definition) is 8. The van der Waals surface area contributed by atoms with Gasteiger partial charge >= 0.3 is 5.97 Å². The lowest BCUT2D eigenvalue weighted by Crippen LogP contribution is -2.38. The zero-order valence-corrected chi connectivity index (χ0v) is 19.2. The second-order valence-electron chi connectivity index (χ2n) is 8.30. The lowest BCUT2D eigenvalue weighted by atomic mass is 9.97. The average Bonchev–Trinajstić information content (AvgIpc) is 2.89. The topological polar surface area (TPSA) is 128 Å². The largest absolute Gasteiger partial charge is 0.447 e. The molecule has 1 aliphatic rings. The number of nitro benzene ring substituents is 1. The van der Waals surface area contributed by atoms with E-state index in [1.165, 1.54) is 12.1 Å². The Labute approximate surface area is 202 Å². The number of aromatic nitrogens is 2. The van der Waals surface area contributed by atoms with Crippen LogP contribution < -0.4 is 10.2 Å². The van der Waals surface area contributed by atoms with Crippen molar-refractivity contribution < 1.29 is 19.2 Å². The monoisotopic (exact) mass is 475 g/mol. The minimum Gasteiger partial charge on any atom is -0.447 e. The number of hydrogen-bond donors (Lipinski definition) is 1. The molecule has 1 unspecified atom stereocenters. The Morgan fingerprint density at radius 3 is 2.43 bits per heavy atom. The molecule has 10 nitrogen and oxygen atoms in total. The van der Waals surface area contributed by atoms with Gasteiger partial charge < -0.3 is 15.0 Å². The minimum atomic E-state index is -1.25. The van der Waals surface area contributed by atoms with Crippen molar-refractivity contribution in [1.29, 1.82) is 0 Å². The molecule has 1 amide bonds. The van der Waals surface area contributed by atoms with Gasteiger partial charge in [0.15, 0.2) is 0 Å². The summed E-state index contributed by atoms with van der Waals surface area (Å²) in [5.41, 5.74) is 0.974. The minimum absolute atomic E-state index is 0.0405. The van der Waals surface area contributed by atoms with E-state index in [9.17, 15) is 19.7 Å². The maximum atomic E-state index is 13.2. The van der Waals surface area contributed by atoms with Crippen LogP contribution >= 0.6 is 0 Å². The zero-order valence-electron chi connectivity index (χ0n) is 19.2. The molecule has 1 atom stereocenters. The summed E-state index contributed by atoms with van der Waals surface area (Å²) in [5, 5.41) is 14.0. The highest BCUT2D eigenvalue weighted by molar-refractivity contribution is 5.98. The highest BCUT2D eigenvalue weighted by Gasteiger charge is 2.32. The summed E-state index contributed by atoms with van der Waals surface area (Å²) in [6, 6.07) is 14.9. The molecule has 1 aliphatic heterocycles. The standard InChI is InChI=1S/C25H25N5O5/c1-17-8-9-20(21(16-17)30(33)34)28-23(31)22(18-6-3-2-4-7-18)35-24(32)19-10-14-29(15-11-19)25-26-12-5-13-27-25/h2-9,12-13,16,19,22H,10-11,14-15H2,1H3,(H,28,31). The molecule has 0 saturated carbocycles. The fourth-order valence-electron chi connectivity index (χ4n) is 3.98. The molecule has 2 aromatic carbocycles. The van der Waals surface area contributed by atoms with E-state index in [0.717, 1.165) is 0 Å². The van der Waals surface area contributed by atoms with Gasteiger partial charge in [-0.05, 0) is 37.5 Å². The zero-order chi connectivity index (χ0) is 24.8. The maximum absolute atomic E-state index is 13.2. The molecule has 35 heavy (non-hydrogen) atoms. The number of carbonyl (C=O) groups excluding carboxylic acids is 2. The van der Waals surface area contributed by atoms with Gasteiger partial charge in [-0.2, -0.15) is 0 Å². The molecule has 0 bridgehead atoms. The van der Waals surface area contributed by atoms with Crippen LogP contribution in [0, 0.1) is 23.0 Å². The molecular formula is C25H25N5O5. The van der Waals surface area contributed by atoms with E-state index in [2.05, 4.69) is 15.3 Å². The van der Waals surface area contributed by atoms with Crippen LogP contribution in [0.25, 0.3) is 0 Å². The van der Waals surface area contributed by atoms with Gasteiger partial charge in [-0.15, -0.1) is 0 Å². The highest BCUT2D eigenvalue weighted by atomic mass is 16.6. The number of nitrogens with one attached hydrogen (secondary N) is 1. The van der Waals surface area contributed by atoms with Crippen LogP contribution in [0.5, 0.6) is 0 Å². The molecule has 4 rings (SSSR count). The number of esters is 1. The van der Waals surface area contributed by atoms with E-state index in [1.807, 2.05) is 4.90 Å². The second kappa shape index (κ2) is 10.7. The van der Waals surface area contributed by atoms with Gasteiger partial charge in [0, 0.05) is 37.1 Å². The van der Waals surface area contributed by atoms with E-state index in [-0.39, 0.29) is 17.3 Å². The summed E-state index contributed by atoms with van der Waals surface area (Å²) in [5.74, 6) is -0.920. The van der Waals surface area contributed by atoms with Crippen molar-refractivity contribution in [3.05, 3.63) is 88.2 Å². The number of nitro groups is 1. The van der Waals surface area contributed by atoms with Gasteiger partial charge in [0.1, 0.15) is 5.69 Å². The molecule has 1 fully saturated rings. The Hall–Kier alpha value is -4.34. The molecule has 3 aromatic rings. The predicted molar refractivity (Wildman–Crippen MR) is 129 cm³/mol. The molecule has 10 heteroatoms. The Bertz CT molecular complexity index is 1200. The lowest BCUT2D eigenvalue weighted by molar-refractivity contribution is -0.384. The van der Waals surface area contributed by atoms with Gasteiger partial charge in [0.2, 0.25) is 12.1 Å². The molecule has 1 saturated heterocycles. The normalized spacial score (nSPS) is 14.7. The number of amides is 1. The molecule has 1 aromatic heterocycles. The summed E-state index contributed by atoms with van der Waals surface area (Å²) in [6.45, 7) is 2.89. The molecule has 0 aliphatic carbocycles. The number of piperidine rings is 1. The van der Waals surface area contributed by atoms with E-state index >= 15 is 0 Å². The second-order valence-corrected chi connectivity index (χ2v) is 8.30. The summed E-state index contributed by atoms with van der Waals surface area (Å²) >= 11 is 0. The van der Waals surface area contributed by atoms with Crippen molar-refractivity contribution in [1.82, 2.24) is 9.97 Å². The number of rotatable bonds is 7. The number of carbonyl (C=O) groups is 2. The number of aryl methyl sites for hydroxylation is 1. The lowest BCUT2D eigenvalue weighted by Gasteiger charge is -2.31. The Balaban J connectivity index is 1.48. The molecule has 0 radical (unpaired) electrons. The summed E-state index contributed by atoms with van der Waals surface area (Å²) in [4.78, 5) is 47.6.